The molecule has 110 valence electrons. The van der Waals surface area contributed by atoms with E-state index in [0.717, 1.165) is 12.8 Å². The number of carbonyl (C=O) groups excluding carboxylic acids is 1. The van der Waals surface area contributed by atoms with E-state index >= 15 is 0 Å². The highest BCUT2D eigenvalue weighted by Gasteiger charge is 2.31. The lowest BCUT2D eigenvalue weighted by Crippen LogP contribution is -2.40. The largest absolute Gasteiger partial charge is 0.444 e. The van der Waals surface area contributed by atoms with Crippen molar-refractivity contribution in [2.45, 2.75) is 25.4 Å². The first-order valence-corrected chi connectivity index (χ1v) is 7.53. The van der Waals surface area contributed by atoms with Crippen LogP contribution in [0.4, 0.5) is 0 Å². The van der Waals surface area contributed by atoms with Gasteiger partial charge in [0.15, 0.2) is 10.4 Å². The summed E-state index contributed by atoms with van der Waals surface area (Å²) in [6, 6.07) is 6.39. The fraction of sp³-hybridized carbons (Fsp3) is 0.357. The molecule has 1 atom stereocenters. The highest BCUT2D eigenvalue weighted by molar-refractivity contribution is 9.10. The van der Waals surface area contributed by atoms with Gasteiger partial charge in [-0.15, -0.1) is 0 Å². The molecule has 0 saturated carbocycles. The van der Waals surface area contributed by atoms with Gasteiger partial charge in [0.25, 0.3) is 11.5 Å². The number of likely N-dealkylation sites (tertiary alicyclic amines) is 1. The second-order valence-electron chi connectivity index (χ2n) is 4.94. The van der Waals surface area contributed by atoms with Gasteiger partial charge in [0, 0.05) is 18.8 Å². The Bertz CT molecular complexity index is 709. The third-order valence-corrected chi connectivity index (χ3v) is 4.02. The highest BCUT2D eigenvalue weighted by atomic mass is 79.9. The Morgan fingerprint density at radius 3 is 3.00 bits per heavy atom. The first kappa shape index (κ1) is 14.1. The molecule has 21 heavy (non-hydrogen) atoms. The number of rotatable bonds is 3. The van der Waals surface area contributed by atoms with Gasteiger partial charge in [-0.05, 0) is 47.0 Å². The van der Waals surface area contributed by atoms with Crippen LogP contribution in [0.15, 0.2) is 44.3 Å². The Balaban J connectivity index is 1.78. The molecule has 2 aromatic rings. The minimum atomic E-state index is -0.155. The Labute approximate surface area is 129 Å². The van der Waals surface area contributed by atoms with Crippen LogP contribution in [-0.4, -0.2) is 33.2 Å². The van der Waals surface area contributed by atoms with E-state index in [1.807, 2.05) is 0 Å². The zero-order valence-electron chi connectivity index (χ0n) is 11.2. The minimum absolute atomic E-state index is 0.0334. The third-order valence-electron chi connectivity index (χ3n) is 3.59. The molecule has 0 aromatic carbocycles. The van der Waals surface area contributed by atoms with E-state index < -0.39 is 0 Å². The smallest absolute Gasteiger partial charge is 0.289 e. The monoisotopic (exact) mass is 351 g/mol. The Morgan fingerprint density at radius 1 is 1.43 bits per heavy atom. The van der Waals surface area contributed by atoms with E-state index in [-0.39, 0.29) is 17.5 Å². The zero-order valence-corrected chi connectivity index (χ0v) is 12.8. The molecule has 0 bridgehead atoms. The van der Waals surface area contributed by atoms with E-state index in [2.05, 4.69) is 21.0 Å². The lowest BCUT2D eigenvalue weighted by atomic mass is 10.2. The molecular weight excluding hydrogens is 338 g/mol. The molecule has 1 unspecified atom stereocenters. The first-order valence-electron chi connectivity index (χ1n) is 6.73. The number of nitrogens with zero attached hydrogens (tertiary/aromatic N) is 3. The van der Waals surface area contributed by atoms with E-state index in [4.69, 9.17) is 4.42 Å². The van der Waals surface area contributed by atoms with Crippen molar-refractivity contribution in [2.75, 3.05) is 6.54 Å². The maximum absolute atomic E-state index is 12.4. The number of amides is 1. The third kappa shape index (κ3) is 2.92. The summed E-state index contributed by atoms with van der Waals surface area (Å²) in [6.45, 7) is 1.08. The van der Waals surface area contributed by atoms with E-state index in [1.165, 1.54) is 10.7 Å². The Kier molecular flexibility index (Phi) is 3.92. The van der Waals surface area contributed by atoms with Gasteiger partial charge >= 0.3 is 0 Å². The number of furan rings is 1. The topological polar surface area (TPSA) is 68.3 Å². The molecule has 7 heteroatoms. The predicted molar refractivity (Wildman–Crippen MR) is 79.0 cm³/mol. The first-order chi connectivity index (χ1) is 10.1. The summed E-state index contributed by atoms with van der Waals surface area (Å²) in [5, 5.41) is 4.05. The van der Waals surface area contributed by atoms with Crippen molar-refractivity contribution in [1.29, 1.82) is 0 Å². The van der Waals surface area contributed by atoms with Crippen molar-refractivity contribution in [1.82, 2.24) is 14.7 Å². The molecule has 1 amide bonds. The van der Waals surface area contributed by atoms with Crippen molar-refractivity contribution >= 4 is 21.8 Å². The van der Waals surface area contributed by atoms with Crippen molar-refractivity contribution in [3.63, 3.8) is 0 Å². The quantitative estimate of drug-likeness (QED) is 0.846. The van der Waals surface area contributed by atoms with Crippen LogP contribution in [0.1, 0.15) is 23.4 Å². The van der Waals surface area contributed by atoms with Gasteiger partial charge < -0.3 is 9.32 Å². The van der Waals surface area contributed by atoms with Crippen LogP contribution >= 0.6 is 15.9 Å². The minimum Gasteiger partial charge on any atom is -0.444 e. The molecule has 0 spiro atoms. The number of aromatic nitrogens is 2. The summed E-state index contributed by atoms with van der Waals surface area (Å²) in [5.41, 5.74) is -0.155. The number of hydrogen-bond acceptors (Lipinski definition) is 4. The molecule has 0 N–H and O–H groups in total. The zero-order chi connectivity index (χ0) is 14.8. The van der Waals surface area contributed by atoms with Crippen molar-refractivity contribution < 1.29 is 9.21 Å². The lowest BCUT2D eigenvalue weighted by Gasteiger charge is -2.23. The predicted octanol–water partition coefficient (Wildman–Crippen LogP) is 1.90. The van der Waals surface area contributed by atoms with Crippen LogP contribution in [-0.2, 0) is 6.54 Å². The van der Waals surface area contributed by atoms with Crippen LogP contribution in [0.3, 0.4) is 0 Å². The Morgan fingerprint density at radius 2 is 2.29 bits per heavy atom. The molecule has 3 heterocycles. The van der Waals surface area contributed by atoms with E-state index in [0.29, 0.717) is 23.5 Å². The van der Waals surface area contributed by atoms with Gasteiger partial charge in [-0.1, -0.05) is 0 Å². The van der Waals surface area contributed by atoms with Crippen molar-refractivity contribution in [2.24, 2.45) is 0 Å². The van der Waals surface area contributed by atoms with Crippen LogP contribution < -0.4 is 5.56 Å². The van der Waals surface area contributed by atoms with Gasteiger partial charge in [0.05, 0.1) is 12.6 Å². The summed E-state index contributed by atoms with van der Waals surface area (Å²) in [7, 11) is 0. The maximum Gasteiger partial charge on any atom is 0.289 e. The summed E-state index contributed by atoms with van der Waals surface area (Å²) in [6.07, 6.45) is 3.35. The van der Waals surface area contributed by atoms with Crippen molar-refractivity contribution in [3.8, 4) is 0 Å². The summed E-state index contributed by atoms with van der Waals surface area (Å²) >= 11 is 3.19. The second-order valence-corrected chi connectivity index (χ2v) is 5.72. The maximum atomic E-state index is 12.4. The van der Waals surface area contributed by atoms with Gasteiger partial charge in [-0.25, -0.2) is 4.68 Å². The van der Waals surface area contributed by atoms with E-state index in [9.17, 15) is 9.59 Å². The summed E-state index contributed by atoms with van der Waals surface area (Å²) < 4.78 is 7.25. The molecule has 1 saturated heterocycles. The molecular formula is C14H14BrN3O3. The summed E-state index contributed by atoms with van der Waals surface area (Å²) in [5.74, 6) is 0.161. The second kappa shape index (κ2) is 5.85. The SMILES string of the molecule is O=C(c1ccc(Br)o1)N1CCCC1Cn1ncccc1=O. The van der Waals surface area contributed by atoms with Crippen molar-refractivity contribution in [3.05, 3.63) is 51.2 Å². The lowest BCUT2D eigenvalue weighted by molar-refractivity contribution is 0.0686. The molecule has 1 fully saturated rings. The van der Waals surface area contributed by atoms with Crippen LogP contribution in [0, 0.1) is 0 Å². The Hall–Kier alpha value is -1.89. The fourth-order valence-electron chi connectivity index (χ4n) is 2.59. The summed E-state index contributed by atoms with van der Waals surface area (Å²) in [4.78, 5) is 25.9. The van der Waals surface area contributed by atoms with Gasteiger partial charge in [0.2, 0.25) is 0 Å². The molecule has 0 aliphatic carbocycles. The van der Waals surface area contributed by atoms with Gasteiger partial charge in [-0.2, -0.15) is 5.10 Å². The number of carbonyl (C=O) groups is 1. The number of hydrogen-bond donors (Lipinski definition) is 0. The molecule has 3 rings (SSSR count). The standard InChI is InChI=1S/C14H14BrN3O3/c15-12-6-5-11(21-12)14(20)17-8-2-3-10(17)9-18-13(19)4-1-7-16-18/h1,4-7,10H,2-3,8-9H2. The van der Waals surface area contributed by atoms with Gasteiger partial charge in [-0.3, -0.25) is 9.59 Å². The van der Waals surface area contributed by atoms with Gasteiger partial charge in [0.1, 0.15) is 0 Å². The highest BCUT2D eigenvalue weighted by Crippen LogP contribution is 2.23. The van der Waals surface area contributed by atoms with Crippen LogP contribution in [0.2, 0.25) is 0 Å². The molecule has 1 aliphatic heterocycles. The van der Waals surface area contributed by atoms with Crippen LogP contribution in [0.5, 0.6) is 0 Å². The molecule has 1 aliphatic rings. The fourth-order valence-corrected chi connectivity index (χ4v) is 2.89. The molecule has 6 nitrogen and oxygen atoms in total. The average molecular weight is 352 g/mol. The average Bonchev–Trinajstić information content (AvgIpc) is 3.10. The molecule has 2 aromatic heterocycles. The van der Waals surface area contributed by atoms with E-state index in [1.54, 1.807) is 29.3 Å². The number of halogens is 1. The van der Waals surface area contributed by atoms with Crippen LogP contribution in [0.25, 0.3) is 0 Å². The molecule has 0 radical (unpaired) electrons. The normalized spacial score (nSPS) is 18.1.